The van der Waals surface area contributed by atoms with Gasteiger partial charge < -0.3 is 19.6 Å². The summed E-state index contributed by atoms with van der Waals surface area (Å²) in [6, 6.07) is 10.4. The molecular weight excluding hydrogens is 316 g/mol. The van der Waals surface area contributed by atoms with Crippen LogP contribution in [0.4, 0.5) is 0 Å². The molecule has 0 aliphatic carbocycles. The maximum atomic E-state index is 11.6. The predicted molar refractivity (Wildman–Crippen MR) is 90.3 cm³/mol. The summed E-state index contributed by atoms with van der Waals surface area (Å²) >= 11 is 0. The second-order valence-corrected chi connectivity index (χ2v) is 7.05. The predicted octanol–water partition coefficient (Wildman–Crippen LogP) is 1.45. The highest BCUT2D eigenvalue weighted by Gasteiger charge is 2.43. The zero-order valence-electron chi connectivity index (χ0n) is 13.9. The monoisotopic (exact) mass is 334 g/mol. The number of aromatic amines is 1. The van der Waals surface area contributed by atoms with Crippen molar-refractivity contribution in [3.8, 4) is 0 Å². The first-order valence-corrected chi connectivity index (χ1v) is 8.62. The lowest BCUT2D eigenvalue weighted by atomic mass is 9.76. The van der Waals surface area contributed by atoms with Crippen molar-refractivity contribution in [2.24, 2.45) is 11.8 Å². The van der Waals surface area contributed by atoms with E-state index in [0.29, 0.717) is 6.42 Å². The molecule has 2 aliphatic rings. The second-order valence-electron chi connectivity index (χ2n) is 7.05. The Bertz CT molecular complexity index is 1050. The minimum absolute atomic E-state index is 0.00726. The molecule has 2 aromatic heterocycles. The van der Waals surface area contributed by atoms with Crippen LogP contribution < -0.4 is 9.67 Å². The van der Waals surface area contributed by atoms with Crippen LogP contribution in [0.15, 0.2) is 48.4 Å². The van der Waals surface area contributed by atoms with Crippen LogP contribution in [0.3, 0.4) is 0 Å². The summed E-state index contributed by atoms with van der Waals surface area (Å²) in [4.78, 5) is 15.1. The number of carboxylic acids is 1. The first-order valence-electron chi connectivity index (χ1n) is 8.62. The van der Waals surface area contributed by atoms with Crippen LogP contribution in [0.5, 0.6) is 0 Å². The molecule has 0 radical (unpaired) electrons. The van der Waals surface area contributed by atoms with Crippen molar-refractivity contribution in [2.45, 2.75) is 26.0 Å². The molecule has 0 unspecified atom stereocenters. The average molecular weight is 334 g/mol. The fourth-order valence-electron chi connectivity index (χ4n) is 4.45. The van der Waals surface area contributed by atoms with Crippen molar-refractivity contribution in [1.29, 1.82) is 0 Å². The smallest absolute Gasteiger partial charge is 0.206 e. The van der Waals surface area contributed by atoms with Crippen molar-refractivity contribution in [2.75, 3.05) is 0 Å². The highest BCUT2D eigenvalue weighted by molar-refractivity contribution is 6.07. The van der Waals surface area contributed by atoms with Crippen LogP contribution in [0.2, 0.25) is 0 Å². The molecule has 3 aromatic rings. The van der Waals surface area contributed by atoms with E-state index in [9.17, 15) is 9.90 Å². The standard InChI is InChI=1S/C20H18N2O3/c1-11-15-9-22-7-6-13-12-4-2-3-5-17(12)21-19(13)18(22)8-14(15)16(10-25-11)20(23)24/h2-7,10-11,14-15H,8-9H2,1H3,(H,23,24)/t11-,14-,15+/m0/s1. The van der Waals surface area contributed by atoms with E-state index in [4.69, 9.17) is 4.74 Å². The number of H-pyrrole nitrogens is 1. The fourth-order valence-corrected chi connectivity index (χ4v) is 4.45. The van der Waals surface area contributed by atoms with Crippen LogP contribution in [0, 0.1) is 11.8 Å². The summed E-state index contributed by atoms with van der Waals surface area (Å²) in [5.74, 6) is -1.07. The van der Waals surface area contributed by atoms with Gasteiger partial charge in [-0.15, -0.1) is 0 Å². The molecule has 0 amide bonds. The van der Waals surface area contributed by atoms with Gasteiger partial charge in [0, 0.05) is 40.3 Å². The number of nitrogens with one attached hydrogen (secondary N) is 1. The van der Waals surface area contributed by atoms with Crippen LogP contribution in [0.1, 0.15) is 12.6 Å². The summed E-state index contributed by atoms with van der Waals surface area (Å²) in [6.07, 6.45) is 4.16. The zero-order valence-corrected chi connectivity index (χ0v) is 13.9. The highest BCUT2D eigenvalue weighted by atomic mass is 16.5. The number of fused-ring (bicyclic) bond motifs is 6. The lowest BCUT2D eigenvalue weighted by Crippen LogP contribution is -2.54. The number of para-hydroxylation sites is 1. The molecule has 5 nitrogen and oxygen atoms in total. The molecule has 25 heavy (non-hydrogen) atoms. The number of rotatable bonds is 1. The summed E-state index contributed by atoms with van der Waals surface area (Å²) in [5.41, 5.74) is 3.63. The quantitative estimate of drug-likeness (QED) is 0.685. The molecule has 3 atom stereocenters. The van der Waals surface area contributed by atoms with Crippen molar-refractivity contribution < 1.29 is 19.2 Å². The van der Waals surface area contributed by atoms with Crippen molar-refractivity contribution in [3.05, 3.63) is 54.1 Å². The Kier molecular flexibility index (Phi) is 2.95. The van der Waals surface area contributed by atoms with Crippen LogP contribution >= 0.6 is 0 Å². The molecule has 0 bridgehead atoms. The molecule has 0 fully saturated rings. The first kappa shape index (κ1) is 14.5. The van der Waals surface area contributed by atoms with Gasteiger partial charge in [0.2, 0.25) is 5.69 Å². The summed E-state index contributed by atoms with van der Waals surface area (Å²) in [6.45, 7) is 2.75. The summed E-state index contributed by atoms with van der Waals surface area (Å²) in [5, 5.41) is 13.9. The molecule has 0 saturated heterocycles. The van der Waals surface area contributed by atoms with E-state index < -0.39 is 5.97 Å². The van der Waals surface area contributed by atoms with E-state index in [1.807, 2.05) is 19.1 Å². The number of carboxylic acid groups (broad SMARTS) is 1. The number of hydrogen-bond donors (Lipinski definition) is 1. The number of hydrogen-bond acceptors (Lipinski definition) is 3. The number of aliphatic carboxylic acids is 1. The number of pyridine rings is 1. The largest absolute Gasteiger partial charge is 0.545 e. The van der Waals surface area contributed by atoms with Gasteiger partial charge in [-0.1, -0.05) is 18.2 Å². The molecule has 4 heterocycles. The summed E-state index contributed by atoms with van der Waals surface area (Å²) in [7, 11) is 0. The molecule has 2 aliphatic heterocycles. The second kappa shape index (κ2) is 5.09. The molecule has 1 N–H and O–H groups in total. The van der Waals surface area contributed by atoms with Crippen LogP contribution in [0.25, 0.3) is 21.8 Å². The van der Waals surface area contributed by atoms with E-state index in [2.05, 4.69) is 33.9 Å². The van der Waals surface area contributed by atoms with Gasteiger partial charge in [-0.25, -0.2) is 4.57 Å². The number of benzene rings is 1. The molecule has 0 spiro atoms. The Morgan fingerprint density at radius 1 is 1.28 bits per heavy atom. The van der Waals surface area contributed by atoms with Gasteiger partial charge in [0.25, 0.3) is 0 Å². The molecular formula is C20H18N2O3. The van der Waals surface area contributed by atoms with Gasteiger partial charge in [0.05, 0.1) is 18.1 Å². The average Bonchev–Trinajstić information content (AvgIpc) is 3.00. The molecule has 1 aromatic carbocycles. The number of ether oxygens (including phenoxy) is 1. The van der Waals surface area contributed by atoms with E-state index in [0.717, 1.165) is 23.3 Å². The third-order valence-corrected chi connectivity index (χ3v) is 5.79. The lowest BCUT2D eigenvalue weighted by Gasteiger charge is -2.37. The van der Waals surface area contributed by atoms with Crippen LogP contribution in [-0.2, 0) is 22.5 Å². The van der Waals surface area contributed by atoms with E-state index in [1.54, 1.807) is 0 Å². The van der Waals surface area contributed by atoms with Crippen LogP contribution in [-0.4, -0.2) is 17.1 Å². The Balaban J connectivity index is 1.71. The maximum Gasteiger partial charge on any atom is 0.206 e. The van der Waals surface area contributed by atoms with Gasteiger partial charge >= 0.3 is 0 Å². The first-order chi connectivity index (χ1) is 12.1. The number of carbonyl (C=O) groups excluding carboxylic acids is 1. The molecule has 5 heteroatoms. The molecule has 0 saturated carbocycles. The topological polar surface area (TPSA) is 69.0 Å². The highest BCUT2D eigenvalue weighted by Crippen LogP contribution is 2.37. The Morgan fingerprint density at radius 3 is 2.96 bits per heavy atom. The van der Waals surface area contributed by atoms with E-state index in [-0.39, 0.29) is 23.5 Å². The van der Waals surface area contributed by atoms with Gasteiger partial charge in [0.15, 0.2) is 12.7 Å². The lowest BCUT2D eigenvalue weighted by molar-refractivity contribution is -0.717. The number of nitrogens with zero attached hydrogens (tertiary/aromatic N) is 1. The van der Waals surface area contributed by atoms with Gasteiger partial charge in [-0.05, 0) is 13.0 Å². The zero-order chi connectivity index (χ0) is 17.1. The minimum atomic E-state index is -1.13. The molecule has 126 valence electrons. The number of carbonyl (C=O) groups is 1. The third kappa shape index (κ3) is 2.02. The Labute approximate surface area is 144 Å². The van der Waals surface area contributed by atoms with Gasteiger partial charge in [-0.2, -0.15) is 0 Å². The maximum absolute atomic E-state index is 11.6. The Hall–Kier alpha value is -2.82. The molecule has 5 rings (SSSR count). The SMILES string of the molecule is C[C@@H]1OC=C(C(=O)[O-])[C@H]2Cc3c4[nH]c5ccccc5c4cc[n+]3C[C@H]12. The van der Waals surface area contributed by atoms with Gasteiger partial charge in [-0.3, -0.25) is 0 Å². The van der Waals surface area contributed by atoms with Crippen molar-refractivity contribution in [1.82, 2.24) is 4.98 Å². The van der Waals surface area contributed by atoms with E-state index in [1.165, 1.54) is 17.0 Å². The fraction of sp³-hybridized carbons (Fsp3) is 0.300. The van der Waals surface area contributed by atoms with Gasteiger partial charge in [0.1, 0.15) is 11.6 Å². The summed E-state index contributed by atoms with van der Waals surface area (Å²) < 4.78 is 7.80. The minimum Gasteiger partial charge on any atom is -0.545 e. The normalized spacial score (nSPS) is 25.2. The van der Waals surface area contributed by atoms with Crippen molar-refractivity contribution >= 4 is 27.8 Å². The van der Waals surface area contributed by atoms with E-state index >= 15 is 0 Å². The number of aromatic nitrogens is 2. The third-order valence-electron chi connectivity index (χ3n) is 5.79. The Morgan fingerprint density at radius 2 is 2.12 bits per heavy atom. The van der Waals surface area contributed by atoms with Crippen molar-refractivity contribution in [3.63, 3.8) is 0 Å².